The Morgan fingerprint density at radius 2 is 1.84 bits per heavy atom. The molecule has 0 spiro atoms. The molecule has 1 fully saturated rings. The summed E-state index contributed by atoms with van der Waals surface area (Å²) in [6.07, 6.45) is 1.28. The number of hydrogen-bond donors (Lipinski definition) is 0. The van der Waals surface area contributed by atoms with Gasteiger partial charge < -0.3 is 14.4 Å². The van der Waals surface area contributed by atoms with Crippen LogP contribution in [-0.4, -0.2) is 31.6 Å². The van der Waals surface area contributed by atoms with Crippen molar-refractivity contribution in [2.45, 2.75) is 12.8 Å². The molecule has 0 bridgehead atoms. The Kier molecular flexibility index (Phi) is 5.28. The van der Waals surface area contributed by atoms with Crippen molar-refractivity contribution in [3.05, 3.63) is 59.9 Å². The number of anilines is 1. The first kappa shape index (κ1) is 17.0. The highest BCUT2D eigenvalue weighted by molar-refractivity contribution is 6.03. The van der Waals surface area contributed by atoms with E-state index in [-0.39, 0.29) is 24.9 Å². The van der Waals surface area contributed by atoms with Crippen LogP contribution in [0, 0.1) is 5.82 Å². The van der Waals surface area contributed by atoms with Gasteiger partial charge in [-0.25, -0.2) is 9.18 Å². The van der Waals surface area contributed by atoms with E-state index >= 15 is 0 Å². The smallest absolute Gasteiger partial charge is 0.340 e. The summed E-state index contributed by atoms with van der Waals surface area (Å²) < 4.78 is 23.4. The minimum Gasteiger partial charge on any atom is -0.490 e. The van der Waals surface area contributed by atoms with Gasteiger partial charge in [-0.1, -0.05) is 12.1 Å². The van der Waals surface area contributed by atoms with E-state index in [1.54, 1.807) is 29.2 Å². The van der Waals surface area contributed by atoms with Crippen molar-refractivity contribution in [3.8, 4) is 5.75 Å². The maximum absolute atomic E-state index is 12.8. The van der Waals surface area contributed by atoms with Crippen LogP contribution in [0.15, 0.2) is 48.5 Å². The maximum Gasteiger partial charge on any atom is 0.340 e. The van der Waals surface area contributed by atoms with Gasteiger partial charge in [0.1, 0.15) is 24.8 Å². The van der Waals surface area contributed by atoms with E-state index < -0.39 is 5.97 Å². The van der Waals surface area contributed by atoms with E-state index in [4.69, 9.17) is 9.47 Å². The fourth-order valence-electron chi connectivity index (χ4n) is 2.69. The largest absolute Gasteiger partial charge is 0.490 e. The zero-order valence-electron chi connectivity index (χ0n) is 13.6. The van der Waals surface area contributed by atoms with Crippen LogP contribution in [0.4, 0.5) is 10.1 Å². The summed E-state index contributed by atoms with van der Waals surface area (Å²) in [6, 6.07) is 12.5. The van der Waals surface area contributed by atoms with Crippen LogP contribution >= 0.6 is 0 Å². The molecule has 3 rings (SSSR count). The van der Waals surface area contributed by atoms with Gasteiger partial charge in [0.2, 0.25) is 5.91 Å². The van der Waals surface area contributed by atoms with Gasteiger partial charge in [0, 0.05) is 13.0 Å². The number of carbonyl (C=O) groups is 2. The molecule has 6 heteroatoms. The SMILES string of the molecule is O=C(OCCOc1ccc(F)cc1)c1ccccc1N1CCCC1=O. The predicted octanol–water partition coefficient (Wildman–Crippen LogP) is 3.19. The molecule has 1 saturated heterocycles. The molecule has 2 aromatic carbocycles. The van der Waals surface area contributed by atoms with E-state index in [9.17, 15) is 14.0 Å². The first-order valence-electron chi connectivity index (χ1n) is 8.10. The van der Waals surface area contributed by atoms with Crippen molar-refractivity contribution in [1.29, 1.82) is 0 Å². The van der Waals surface area contributed by atoms with Crippen molar-refractivity contribution in [3.63, 3.8) is 0 Å². The zero-order valence-corrected chi connectivity index (χ0v) is 13.6. The lowest BCUT2D eigenvalue weighted by atomic mass is 10.1. The van der Waals surface area contributed by atoms with Gasteiger partial charge in [-0.3, -0.25) is 4.79 Å². The van der Waals surface area contributed by atoms with E-state index in [2.05, 4.69) is 0 Å². The molecule has 0 aliphatic carbocycles. The minimum absolute atomic E-state index is 0.0138. The molecule has 2 aromatic rings. The Labute approximate surface area is 145 Å². The third-order valence-corrected chi connectivity index (χ3v) is 3.89. The van der Waals surface area contributed by atoms with Gasteiger partial charge >= 0.3 is 5.97 Å². The molecule has 1 heterocycles. The van der Waals surface area contributed by atoms with Gasteiger partial charge in [0.05, 0.1) is 11.3 Å². The molecular weight excluding hydrogens is 325 g/mol. The van der Waals surface area contributed by atoms with Crippen molar-refractivity contribution in [1.82, 2.24) is 0 Å². The lowest BCUT2D eigenvalue weighted by Crippen LogP contribution is -2.26. The molecule has 0 aromatic heterocycles. The quantitative estimate of drug-likeness (QED) is 0.597. The summed E-state index contributed by atoms with van der Waals surface area (Å²) in [5.41, 5.74) is 0.939. The summed E-state index contributed by atoms with van der Waals surface area (Å²) >= 11 is 0. The second-order valence-electron chi connectivity index (χ2n) is 5.60. The molecule has 130 valence electrons. The Hall–Kier alpha value is -2.89. The molecule has 25 heavy (non-hydrogen) atoms. The molecule has 0 unspecified atom stereocenters. The molecule has 0 saturated carbocycles. The molecular formula is C19H18FNO4. The third kappa shape index (κ3) is 4.15. The van der Waals surface area contributed by atoms with Gasteiger partial charge in [0.15, 0.2) is 0 Å². The van der Waals surface area contributed by atoms with Gasteiger partial charge in [-0.05, 0) is 42.8 Å². The summed E-state index contributed by atoms with van der Waals surface area (Å²) in [7, 11) is 0. The van der Waals surface area contributed by atoms with Gasteiger partial charge in [0.25, 0.3) is 0 Å². The Morgan fingerprint density at radius 1 is 1.08 bits per heavy atom. The van der Waals surface area contributed by atoms with E-state index in [1.165, 1.54) is 24.3 Å². The predicted molar refractivity (Wildman–Crippen MR) is 90.2 cm³/mol. The fraction of sp³-hybridized carbons (Fsp3) is 0.263. The van der Waals surface area contributed by atoms with Crippen LogP contribution in [0.25, 0.3) is 0 Å². The van der Waals surface area contributed by atoms with Crippen LogP contribution in [0.1, 0.15) is 23.2 Å². The number of benzene rings is 2. The number of amides is 1. The fourth-order valence-corrected chi connectivity index (χ4v) is 2.69. The average Bonchev–Trinajstić information content (AvgIpc) is 3.06. The van der Waals surface area contributed by atoms with E-state index in [1.807, 2.05) is 0 Å². The monoisotopic (exact) mass is 343 g/mol. The highest BCUT2D eigenvalue weighted by atomic mass is 19.1. The summed E-state index contributed by atoms with van der Waals surface area (Å²) in [5.74, 6) is -0.328. The Bertz CT molecular complexity index is 760. The number of halogens is 1. The Morgan fingerprint density at radius 3 is 2.56 bits per heavy atom. The zero-order chi connectivity index (χ0) is 17.6. The van der Waals surface area contributed by atoms with Crippen LogP contribution < -0.4 is 9.64 Å². The second kappa shape index (κ2) is 7.79. The molecule has 1 aliphatic heterocycles. The number of hydrogen-bond acceptors (Lipinski definition) is 4. The van der Waals surface area contributed by atoms with Crippen molar-refractivity contribution < 1.29 is 23.5 Å². The first-order chi connectivity index (χ1) is 12.1. The van der Waals surface area contributed by atoms with Crippen LogP contribution in [0.2, 0.25) is 0 Å². The highest BCUT2D eigenvalue weighted by Crippen LogP contribution is 2.26. The summed E-state index contributed by atoms with van der Waals surface area (Å²) in [6.45, 7) is 0.817. The molecule has 1 amide bonds. The number of ether oxygens (including phenoxy) is 2. The summed E-state index contributed by atoms with van der Waals surface area (Å²) in [5, 5.41) is 0. The number of nitrogens with zero attached hydrogens (tertiary/aromatic N) is 1. The average molecular weight is 343 g/mol. The van der Waals surface area contributed by atoms with Crippen LogP contribution in [0.5, 0.6) is 5.75 Å². The third-order valence-electron chi connectivity index (χ3n) is 3.89. The van der Waals surface area contributed by atoms with Crippen molar-refractivity contribution >= 4 is 17.6 Å². The van der Waals surface area contributed by atoms with Crippen molar-refractivity contribution in [2.24, 2.45) is 0 Å². The number of carbonyl (C=O) groups excluding carboxylic acids is 2. The standard InChI is InChI=1S/C19H18FNO4/c20-14-7-9-15(10-8-14)24-12-13-25-19(23)16-4-1-2-5-17(16)21-11-3-6-18(21)22/h1-2,4-5,7-10H,3,6,11-13H2. The number of rotatable bonds is 6. The highest BCUT2D eigenvalue weighted by Gasteiger charge is 2.26. The topological polar surface area (TPSA) is 55.8 Å². The first-order valence-corrected chi connectivity index (χ1v) is 8.10. The van der Waals surface area contributed by atoms with Gasteiger partial charge in [-0.15, -0.1) is 0 Å². The van der Waals surface area contributed by atoms with Crippen LogP contribution in [0.3, 0.4) is 0 Å². The maximum atomic E-state index is 12.8. The number of para-hydroxylation sites is 1. The lowest BCUT2D eigenvalue weighted by molar-refractivity contribution is -0.117. The van der Waals surface area contributed by atoms with E-state index in [0.29, 0.717) is 30.0 Å². The second-order valence-corrected chi connectivity index (χ2v) is 5.60. The molecule has 0 atom stereocenters. The molecule has 0 N–H and O–H groups in total. The van der Waals surface area contributed by atoms with Crippen LogP contribution in [-0.2, 0) is 9.53 Å². The normalized spacial score (nSPS) is 13.8. The summed E-state index contributed by atoms with van der Waals surface area (Å²) in [4.78, 5) is 25.9. The molecule has 5 nitrogen and oxygen atoms in total. The number of esters is 1. The van der Waals surface area contributed by atoms with E-state index in [0.717, 1.165) is 6.42 Å². The molecule has 1 aliphatic rings. The van der Waals surface area contributed by atoms with Gasteiger partial charge in [-0.2, -0.15) is 0 Å². The Balaban J connectivity index is 1.56. The minimum atomic E-state index is -0.502. The lowest BCUT2D eigenvalue weighted by Gasteiger charge is -2.18. The van der Waals surface area contributed by atoms with Crippen molar-refractivity contribution in [2.75, 3.05) is 24.7 Å². The molecule has 0 radical (unpaired) electrons.